The number of para-hydroxylation sites is 1. The molecule has 6 heteroatoms. The number of anilines is 1. The van der Waals surface area contributed by atoms with Crippen LogP contribution in [0.1, 0.15) is 43.8 Å². The van der Waals surface area contributed by atoms with Crippen LogP contribution in [-0.2, 0) is 17.8 Å². The Hall–Kier alpha value is -2.37. The Morgan fingerprint density at radius 1 is 1.25 bits per heavy atom. The van der Waals surface area contributed by atoms with Crippen molar-refractivity contribution in [2.75, 3.05) is 11.9 Å². The molecule has 0 unspecified atom stereocenters. The molecular formula is C18H24N4O2. The van der Waals surface area contributed by atoms with Crippen molar-refractivity contribution in [1.82, 2.24) is 15.5 Å². The first kappa shape index (κ1) is 16.5. The number of carbonyl (C=O) groups is 1. The fourth-order valence-corrected chi connectivity index (χ4v) is 3.07. The van der Waals surface area contributed by atoms with Crippen LogP contribution in [0.5, 0.6) is 0 Å². The van der Waals surface area contributed by atoms with E-state index in [0.717, 1.165) is 18.5 Å². The molecule has 1 N–H and O–H groups in total. The molecule has 3 rings (SSSR count). The summed E-state index contributed by atoms with van der Waals surface area (Å²) < 4.78 is 5.26. The minimum atomic E-state index is -0.0225. The van der Waals surface area contributed by atoms with E-state index >= 15 is 0 Å². The quantitative estimate of drug-likeness (QED) is 0.883. The van der Waals surface area contributed by atoms with Crippen molar-refractivity contribution in [2.45, 2.75) is 51.1 Å². The van der Waals surface area contributed by atoms with E-state index in [1.807, 2.05) is 42.3 Å². The van der Waals surface area contributed by atoms with Crippen molar-refractivity contribution in [3.8, 4) is 0 Å². The molecule has 0 radical (unpaired) electrons. The van der Waals surface area contributed by atoms with Crippen LogP contribution in [-0.4, -0.2) is 29.1 Å². The van der Waals surface area contributed by atoms with E-state index in [9.17, 15) is 4.79 Å². The second-order valence-electron chi connectivity index (χ2n) is 6.38. The number of hydrogen-bond donors (Lipinski definition) is 1. The molecule has 0 aliphatic heterocycles. The lowest BCUT2D eigenvalue weighted by Gasteiger charge is -2.22. The Kier molecular flexibility index (Phi) is 5.46. The van der Waals surface area contributed by atoms with E-state index < -0.39 is 0 Å². The van der Waals surface area contributed by atoms with Gasteiger partial charge in [-0.2, -0.15) is 4.98 Å². The standard InChI is InChI=1S/C18H24N4O2/c1-22(15-10-6-3-7-11-15)13-18-20-16(21-24-18)12-17(23)19-14-8-4-2-5-9-14/h3,6-7,10-11,14H,2,4-5,8-9,12-13H2,1H3,(H,19,23). The van der Waals surface area contributed by atoms with Crippen LogP contribution >= 0.6 is 0 Å². The largest absolute Gasteiger partial charge is 0.365 e. The fraction of sp³-hybridized carbons (Fsp3) is 0.500. The highest BCUT2D eigenvalue weighted by atomic mass is 16.5. The van der Waals surface area contributed by atoms with Crippen molar-refractivity contribution in [1.29, 1.82) is 0 Å². The van der Waals surface area contributed by atoms with Gasteiger partial charge < -0.3 is 14.7 Å². The van der Waals surface area contributed by atoms with Crippen LogP contribution in [0, 0.1) is 0 Å². The van der Waals surface area contributed by atoms with Gasteiger partial charge in [0.1, 0.15) is 0 Å². The number of nitrogens with one attached hydrogen (secondary N) is 1. The first-order chi connectivity index (χ1) is 11.7. The summed E-state index contributed by atoms with van der Waals surface area (Å²) in [4.78, 5) is 18.4. The van der Waals surface area contributed by atoms with Gasteiger partial charge in [0.2, 0.25) is 11.8 Å². The molecule has 1 aromatic carbocycles. The minimum Gasteiger partial charge on any atom is -0.365 e. The van der Waals surface area contributed by atoms with Gasteiger partial charge in [0.25, 0.3) is 0 Å². The number of benzene rings is 1. The van der Waals surface area contributed by atoms with Gasteiger partial charge in [-0.1, -0.05) is 42.6 Å². The van der Waals surface area contributed by atoms with Gasteiger partial charge in [-0.25, -0.2) is 0 Å². The zero-order chi connectivity index (χ0) is 16.8. The van der Waals surface area contributed by atoms with Gasteiger partial charge >= 0.3 is 0 Å². The molecule has 2 aromatic rings. The van der Waals surface area contributed by atoms with E-state index in [4.69, 9.17) is 4.52 Å². The van der Waals surface area contributed by atoms with E-state index in [1.165, 1.54) is 19.3 Å². The summed E-state index contributed by atoms with van der Waals surface area (Å²) in [5.74, 6) is 0.937. The zero-order valence-corrected chi connectivity index (χ0v) is 14.1. The van der Waals surface area contributed by atoms with Gasteiger partial charge in [-0.15, -0.1) is 0 Å². The first-order valence-electron chi connectivity index (χ1n) is 8.58. The monoisotopic (exact) mass is 328 g/mol. The van der Waals surface area contributed by atoms with Crippen molar-refractivity contribution in [2.24, 2.45) is 0 Å². The second kappa shape index (κ2) is 7.95. The summed E-state index contributed by atoms with van der Waals surface area (Å²) in [6, 6.07) is 10.3. The third-order valence-electron chi connectivity index (χ3n) is 4.37. The van der Waals surface area contributed by atoms with Crippen LogP contribution in [0.2, 0.25) is 0 Å². The molecule has 128 valence electrons. The van der Waals surface area contributed by atoms with Crippen LogP contribution in [0.15, 0.2) is 34.9 Å². The maximum Gasteiger partial charge on any atom is 0.246 e. The molecule has 0 spiro atoms. The molecule has 1 amide bonds. The fourth-order valence-electron chi connectivity index (χ4n) is 3.07. The van der Waals surface area contributed by atoms with E-state index in [2.05, 4.69) is 15.5 Å². The van der Waals surface area contributed by atoms with Crippen molar-refractivity contribution in [3.05, 3.63) is 42.0 Å². The summed E-state index contributed by atoms with van der Waals surface area (Å²) >= 11 is 0. The molecule has 1 heterocycles. The van der Waals surface area contributed by atoms with Gasteiger partial charge in [-0.05, 0) is 25.0 Å². The Labute approximate surface area is 142 Å². The average Bonchev–Trinajstić information content (AvgIpc) is 3.03. The number of aromatic nitrogens is 2. The van der Waals surface area contributed by atoms with E-state index in [1.54, 1.807) is 0 Å². The van der Waals surface area contributed by atoms with E-state index in [0.29, 0.717) is 24.3 Å². The summed E-state index contributed by atoms with van der Waals surface area (Å²) in [6.07, 6.45) is 5.99. The average molecular weight is 328 g/mol. The lowest BCUT2D eigenvalue weighted by atomic mass is 9.95. The van der Waals surface area contributed by atoms with Crippen molar-refractivity contribution in [3.63, 3.8) is 0 Å². The molecule has 1 aliphatic rings. The lowest BCUT2D eigenvalue weighted by molar-refractivity contribution is -0.121. The molecule has 0 saturated heterocycles. The summed E-state index contributed by atoms with van der Waals surface area (Å²) in [6.45, 7) is 0.515. The molecule has 0 atom stereocenters. The molecule has 1 aromatic heterocycles. The highest BCUT2D eigenvalue weighted by Crippen LogP contribution is 2.17. The Balaban J connectivity index is 1.50. The molecule has 6 nitrogen and oxygen atoms in total. The van der Waals surface area contributed by atoms with Gasteiger partial charge in [-0.3, -0.25) is 4.79 Å². The Morgan fingerprint density at radius 2 is 2.00 bits per heavy atom. The maximum absolute atomic E-state index is 12.1. The predicted octanol–water partition coefficient (Wildman–Crippen LogP) is 2.70. The smallest absolute Gasteiger partial charge is 0.246 e. The molecule has 24 heavy (non-hydrogen) atoms. The second-order valence-corrected chi connectivity index (χ2v) is 6.38. The predicted molar refractivity (Wildman–Crippen MR) is 91.6 cm³/mol. The van der Waals surface area contributed by atoms with Gasteiger partial charge in [0.15, 0.2) is 5.82 Å². The lowest BCUT2D eigenvalue weighted by Crippen LogP contribution is -2.37. The SMILES string of the molecule is CN(Cc1nc(CC(=O)NC2CCCCC2)no1)c1ccccc1. The molecule has 1 saturated carbocycles. The zero-order valence-electron chi connectivity index (χ0n) is 14.1. The summed E-state index contributed by atoms with van der Waals surface area (Å²) in [5.41, 5.74) is 1.08. The Morgan fingerprint density at radius 3 is 2.75 bits per heavy atom. The minimum absolute atomic E-state index is 0.0225. The molecular weight excluding hydrogens is 304 g/mol. The first-order valence-corrected chi connectivity index (χ1v) is 8.58. The summed E-state index contributed by atoms with van der Waals surface area (Å²) in [7, 11) is 1.97. The number of amides is 1. The van der Waals surface area contributed by atoms with Crippen LogP contribution in [0.3, 0.4) is 0 Å². The molecule has 1 aliphatic carbocycles. The topological polar surface area (TPSA) is 71.3 Å². The van der Waals surface area contributed by atoms with Gasteiger partial charge in [0.05, 0.1) is 13.0 Å². The molecule has 0 bridgehead atoms. The normalized spacial score (nSPS) is 15.2. The van der Waals surface area contributed by atoms with Crippen LogP contribution in [0.4, 0.5) is 5.69 Å². The highest BCUT2D eigenvalue weighted by Gasteiger charge is 2.18. The van der Waals surface area contributed by atoms with Crippen molar-refractivity contribution < 1.29 is 9.32 Å². The highest BCUT2D eigenvalue weighted by molar-refractivity contribution is 5.78. The number of hydrogen-bond acceptors (Lipinski definition) is 5. The van der Waals surface area contributed by atoms with E-state index in [-0.39, 0.29) is 12.3 Å². The summed E-state index contributed by atoms with van der Waals surface area (Å²) in [5, 5.41) is 6.99. The third kappa shape index (κ3) is 4.57. The maximum atomic E-state index is 12.1. The number of nitrogens with zero attached hydrogens (tertiary/aromatic N) is 3. The third-order valence-corrected chi connectivity index (χ3v) is 4.37. The van der Waals surface area contributed by atoms with Crippen molar-refractivity contribution >= 4 is 11.6 Å². The van der Waals surface area contributed by atoms with Gasteiger partial charge in [0, 0.05) is 18.8 Å². The Bertz CT molecular complexity index is 650. The number of carbonyl (C=O) groups excluding carboxylic acids is 1. The number of rotatable bonds is 6. The van der Waals surface area contributed by atoms with Crippen LogP contribution < -0.4 is 10.2 Å². The molecule has 1 fully saturated rings. The van der Waals surface area contributed by atoms with Crippen LogP contribution in [0.25, 0.3) is 0 Å².